The number of nitrogens with one attached hydrogen (secondary N) is 9. The van der Waals surface area contributed by atoms with Crippen LogP contribution in [0.1, 0.15) is 83.8 Å². The third-order valence-electron chi connectivity index (χ3n) is 14.1. The monoisotopic (exact) mass is 1290 g/mol. The largest absolute Gasteiger partial charge is 0.508 e. The molecule has 0 aromatic heterocycles. The number of aromatic hydroxyl groups is 1. The number of likely N-dealkylation sites (tertiary alicyclic amines) is 1. The molecule has 0 unspecified atom stereocenters. The van der Waals surface area contributed by atoms with E-state index in [0.717, 1.165) is 10.5 Å². The average molecular weight is 1290 g/mol. The summed E-state index contributed by atoms with van der Waals surface area (Å²) in [6.45, 7) is 4.71. The molecule has 11 atom stereocenters. The van der Waals surface area contributed by atoms with E-state index in [1.165, 1.54) is 49.5 Å². The molecule has 30 nitrogen and oxygen atoms in total. The van der Waals surface area contributed by atoms with Gasteiger partial charge in [-0.05, 0) is 112 Å². The highest BCUT2D eigenvalue weighted by molar-refractivity contribution is 7.98. The van der Waals surface area contributed by atoms with Gasteiger partial charge in [-0.25, -0.2) is 0 Å². The lowest BCUT2D eigenvalue weighted by Crippen LogP contribution is -2.62. The summed E-state index contributed by atoms with van der Waals surface area (Å²) < 4.78 is 0. The number of phenolic OH excluding ortho intramolecular Hbond substituents is 1. The minimum absolute atomic E-state index is 0.0232. The topological polar surface area (TPSA) is 493 Å². The predicted molar refractivity (Wildman–Crippen MR) is 333 cm³/mol. The SMILES string of the molecule is CSCC[C@H](NC(=O)[C@H](CCCN=C(N)N)NC(=O)[C@H](Cc1ccc(O)cc1)NC(=O)[C@@H](N)Cc1ccccc1)C(=O)N[C@H](C(=O)N[C@@H](CCSC)C(=O)N[C@@H](CO)C(=O)N[C@@H](CC(N)=O)C(=O)N1CCC[C@H]1C(=O)N[C@@H](C)C(=O)N[C@@H](C)C(=O)O)C(C)C. The van der Waals surface area contributed by atoms with Crippen molar-refractivity contribution in [3.05, 3.63) is 65.7 Å². The summed E-state index contributed by atoms with van der Waals surface area (Å²) in [5, 5.41) is 52.3. The number of guanidine groups is 1. The van der Waals surface area contributed by atoms with Gasteiger partial charge in [0.05, 0.1) is 19.1 Å². The summed E-state index contributed by atoms with van der Waals surface area (Å²) in [6, 6.07) is -0.124. The number of nitrogens with two attached hydrogens (primary N) is 4. The van der Waals surface area contributed by atoms with Crippen molar-refractivity contribution in [2.24, 2.45) is 33.8 Å². The highest BCUT2D eigenvalue weighted by Gasteiger charge is 2.41. The van der Waals surface area contributed by atoms with Crippen molar-refractivity contribution in [3.8, 4) is 5.75 Å². The van der Waals surface area contributed by atoms with Crippen molar-refractivity contribution >= 4 is 100 Å². The highest BCUT2D eigenvalue weighted by Crippen LogP contribution is 2.20. The number of phenols is 1. The first-order valence-electron chi connectivity index (χ1n) is 28.9. The van der Waals surface area contributed by atoms with E-state index >= 15 is 0 Å². The first-order valence-corrected chi connectivity index (χ1v) is 31.7. The molecule has 0 spiro atoms. The number of benzene rings is 2. The number of carboxylic acids is 1. The number of aliphatic carboxylic acids is 1. The van der Waals surface area contributed by atoms with Crippen LogP contribution >= 0.6 is 23.5 Å². The van der Waals surface area contributed by atoms with Gasteiger partial charge >= 0.3 is 5.97 Å². The molecular weight excluding hydrogens is 1200 g/mol. The highest BCUT2D eigenvalue weighted by atomic mass is 32.2. The van der Waals surface area contributed by atoms with Crippen molar-refractivity contribution in [3.63, 3.8) is 0 Å². The zero-order valence-corrected chi connectivity index (χ0v) is 52.4. The van der Waals surface area contributed by atoms with Crippen LogP contribution in [0.3, 0.4) is 0 Å². The fourth-order valence-electron chi connectivity index (χ4n) is 9.11. The Labute approximate surface area is 524 Å². The molecule has 1 aliphatic rings. The maximum atomic E-state index is 14.4. The summed E-state index contributed by atoms with van der Waals surface area (Å²) >= 11 is 2.65. The number of nitrogens with zero attached hydrogens (tertiary/aromatic N) is 2. The van der Waals surface area contributed by atoms with Gasteiger partial charge in [0.15, 0.2) is 5.96 Å². The molecule has 492 valence electrons. The van der Waals surface area contributed by atoms with Gasteiger partial charge in [0, 0.05) is 19.5 Å². The third-order valence-corrected chi connectivity index (χ3v) is 15.4. The predicted octanol–water partition coefficient (Wildman–Crippen LogP) is -3.93. The number of primary amides is 1. The smallest absolute Gasteiger partial charge is 0.325 e. The molecule has 0 aliphatic carbocycles. The maximum Gasteiger partial charge on any atom is 0.325 e. The van der Waals surface area contributed by atoms with Crippen LogP contribution in [-0.4, -0.2) is 207 Å². The second kappa shape index (κ2) is 38.2. The Bertz CT molecular complexity index is 2780. The zero-order valence-electron chi connectivity index (χ0n) is 50.8. The van der Waals surface area contributed by atoms with Crippen molar-refractivity contribution in [2.75, 3.05) is 43.7 Å². The van der Waals surface area contributed by atoms with E-state index in [2.05, 4.69) is 52.8 Å². The lowest BCUT2D eigenvalue weighted by molar-refractivity contribution is -0.144. The number of amides is 11. The molecule has 2 aromatic carbocycles. The number of hydrogen-bond donors (Lipinski definition) is 16. The van der Waals surface area contributed by atoms with Gasteiger partial charge in [-0.3, -0.25) is 62.5 Å². The Morgan fingerprint density at radius 3 is 1.64 bits per heavy atom. The van der Waals surface area contributed by atoms with Gasteiger partial charge in [0.25, 0.3) is 0 Å². The molecule has 20 N–H and O–H groups in total. The van der Waals surface area contributed by atoms with Gasteiger partial charge in [-0.15, -0.1) is 0 Å². The lowest BCUT2D eigenvalue weighted by Gasteiger charge is -2.30. The Kier molecular flexibility index (Phi) is 32.2. The fraction of sp³-hybridized carbons (Fsp3) is 0.561. The number of aliphatic hydroxyl groups is 1. The van der Waals surface area contributed by atoms with Crippen molar-refractivity contribution in [1.82, 2.24) is 52.8 Å². The van der Waals surface area contributed by atoms with Crippen LogP contribution in [-0.2, 0) is 70.4 Å². The molecule has 11 amide bonds. The minimum Gasteiger partial charge on any atom is -0.508 e. The number of aliphatic imine (C=N–C) groups is 1. The van der Waals surface area contributed by atoms with Gasteiger partial charge < -0.3 is 91.0 Å². The Hall–Kier alpha value is -8.23. The van der Waals surface area contributed by atoms with Gasteiger partial charge in [0.2, 0.25) is 65.0 Å². The van der Waals surface area contributed by atoms with Crippen LogP contribution in [0.25, 0.3) is 0 Å². The molecule has 2 aromatic rings. The number of rotatable bonds is 38. The van der Waals surface area contributed by atoms with E-state index in [0.29, 0.717) is 17.7 Å². The molecule has 1 aliphatic heterocycles. The van der Waals surface area contributed by atoms with E-state index in [1.807, 2.05) is 6.07 Å². The zero-order chi connectivity index (χ0) is 66.5. The fourth-order valence-corrected chi connectivity index (χ4v) is 10.1. The van der Waals surface area contributed by atoms with Crippen LogP contribution in [0.15, 0.2) is 59.6 Å². The molecule has 1 heterocycles. The molecule has 1 fully saturated rings. The van der Waals surface area contributed by atoms with Gasteiger partial charge in [0.1, 0.15) is 66.2 Å². The molecular formula is C57H87N15O15S2. The van der Waals surface area contributed by atoms with Gasteiger partial charge in [-0.1, -0.05) is 56.3 Å². The van der Waals surface area contributed by atoms with Crippen LogP contribution in [0.5, 0.6) is 5.75 Å². The lowest BCUT2D eigenvalue weighted by atomic mass is 10.0. The van der Waals surface area contributed by atoms with Crippen molar-refractivity contribution < 1.29 is 72.9 Å². The molecule has 32 heteroatoms. The molecule has 0 radical (unpaired) electrons. The van der Waals surface area contributed by atoms with E-state index in [-0.39, 0.29) is 75.5 Å². The summed E-state index contributed by atoms with van der Waals surface area (Å²) in [4.78, 5) is 167. The number of carboxylic acid groups (broad SMARTS) is 1. The summed E-state index contributed by atoms with van der Waals surface area (Å²) in [5.74, 6) is -11.3. The standard InChI is InChI=1S/C57H87N15O15S2/c1-30(2)45(54(84)67-38(20-24-88-5)49(79)70-42(29-73)52(82)69-41(28-44(59)75)55(85)72-23-11-15-43(72)53(83)63-31(3)46(76)64-32(4)56(86)87)71-50(80)39(21-25-89-6)66-48(78)37(14-10-22-62-57(60)61)65-51(81)40(27-34-16-18-35(74)19-17-34)68-47(77)36(58)26-33-12-8-7-9-13-33/h7-9,12-13,16-19,30-32,36-43,45,73-74H,10-11,14-15,20-29,58H2,1-6H3,(H2,59,75)(H,63,83)(H,64,76)(H,65,81)(H,66,78)(H,67,84)(H,68,77)(H,69,82)(H,70,79)(H,71,80)(H,86,87)(H4,60,61,62)/t31-,32-,36-,37-,38-,39-,40-,41-,42-,43-,45-/m0/s1. The Balaban J connectivity index is 1.83. The van der Waals surface area contributed by atoms with Gasteiger partial charge in [-0.2, -0.15) is 23.5 Å². The van der Waals surface area contributed by atoms with Crippen molar-refractivity contribution in [1.29, 1.82) is 0 Å². The summed E-state index contributed by atoms with van der Waals surface area (Å²) in [5.41, 5.74) is 24.2. The second-order valence-electron chi connectivity index (χ2n) is 21.6. The number of thioether (sulfide) groups is 2. The van der Waals surface area contributed by atoms with E-state index in [1.54, 1.807) is 62.8 Å². The van der Waals surface area contributed by atoms with E-state index in [4.69, 9.17) is 28.0 Å². The summed E-state index contributed by atoms with van der Waals surface area (Å²) in [6.07, 6.45) is 3.23. The second-order valence-corrected chi connectivity index (χ2v) is 23.6. The number of carbonyl (C=O) groups is 12. The number of aliphatic hydroxyl groups excluding tert-OH is 1. The molecule has 89 heavy (non-hydrogen) atoms. The van der Waals surface area contributed by atoms with Crippen LogP contribution in [0.2, 0.25) is 0 Å². The Morgan fingerprint density at radius 2 is 1.10 bits per heavy atom. The molecule has 3 rings (SSSR count). The minimum atomic E-state index is -1.79. The molecule has 0 saturated carbocycles. The first-order chi connectivity index (χ1) is 42.1. The average Bonchev–Trinajstić information content (AvgIpc) is 3.71. The quantitative estimate of drug-likeness (QED) is 0.0173. The van der Waals surface area contributed by atoms with E-state index in [9.17, 15) is 67.7 Å². The van der Waals surface area contributed by atoms with Crippen molar-refractivity contribution in [2.45, 2.75) is 152 Å². The normalized spacial score (nSPS) is 16.1. The number of hydrogen-bond acceptors (Lipinski definition) is 18. The maximum absolute atomic E-state index is 14.4. The molecule has 0 bridgehead atoms. The number of carbonyl (C=O) groups excluding carboxylic acids is 11. The Morgan fingerprint density at radius 1 is 0.596 bits per heavy atom. The van der Waals surface area contributed by atoms with Crippen LogP contribution < -0.4 is 70.8 Å². The molecule has 1 saturated heterocycles. The first kappa shape index (κ1) is 75.0. The van der Waals surface area contributed by atoms with E-state index < -0.39 is 156 Å². The van der Waals surface area contributed by atoms with Crippen LogP contribution in [0.4, 0.5) is 0 Å². The third kappa shape index (κ3) is 25.8. The summed E-state index contributed by atoms with van der Waals surface area (Å²) in [7, 11) is 0. The van der Waals surface area contributed by atoms with Crippen LogP contribution in [0, 0.1) is 5.92 Å².